The third kappa shape index (κ3) is 6.14. The lowest BCUT2D eigenvalue weighted by Crippen LogP contribution is -2.41. The molecule has 0 N–H and O–H groups in total. The normalized spacial score (nSPS) is 13.2. The van der Waals surface area contributed by atoms with Crippen molar-refractivity contribution in [2.45, 2.75) is 18.8 Å². The van der Waals surface area contributed by atoms with E-state index in [1.54, 1.807) is 38.4 Å². The van der Waals surface area contributed by atoms with Crippen molar-refractivity contribution in [2.75, 3.05) is 27.3 Å². The Labute approximate surface area is 121 Å². The number of hydrogen-bond donors (Lipinski definition) is 0. The first-order valence-corrected chi connectivity index (χ1v) is 6.30. The summed E-state index contributed by atoms with van der Waals surface area (Å²) in [6.45, 7) is -0.578. The van der Waals surface area contributed by atoms with E-state index in [2.05, 4.69) is 4.74 Å². The van der Waals surface area contributed by atoms with Crippen molar-refractivity contribution in [1.29, 1.82) is 0 Å². The Balaban J connectivity index is 2.59. The van der Waals surface area contributed by atoms with E-state index in [1.807, 2.05) is 0 Å². The van der Waals surface area contributed by atoms with E-state index in [1.165, 1.54) is 4.90 Å². The van der Waals surface area contributed by atoms with Crippen LogP contribution in [0, 0.1) is 0 Å². The number of methoxy groups -OCH3 is 1. The van der Waals surface area contributed by atoms with Crippen LogP contribution in [-0.4, -0.2) is 50.8 Å². The van der Waals surface area contributed by atoms with Gasteiger partial charge in [0.1, 0.15) is 18.6 Å². The molecule has 1 aromatic carbocycles. The fraction of sp³-hybridized carbons (Fsp3) is 0.500. The molecule has 0 bridgehead atoms. The second kappa shape index (κ2) is 7.99. The number of ether oxygens (including phenoxy) is 2. The van der Waals surface area contributed by atoms with Crippen LogP contribution in [-0.2, 0) is 16.1 Å². The molecule has 0 amide bonds. The number of nitrogens with zero attached hydrogens (tertiary/aromatic N) is 1. The molecular weight excluding hydrogens is 287 g/mol. The summed E-state index contributed by atoms with van der Waals surface area (Å²) in [7, 11) is 3.10. The van der Waals surface area contributed by atoms with Gasteiger partial charge in [-0.25, -0.2) is 0 Å². The lowest BCUT2D eigenvalue weighted by Gasteiger charge is -2.25. The van der Waals surface area contributed by atoms with Crippen LogP contribution in [0.1, 0.15) is 5.56 Å². The Kier molecular flexibility index (Phi) is 6.64. The molecule has 0 heterocycles. The van der Waals surface area contributed by atoms with Crippen LogP contribution in [0.5, 0.6) is 5.75 Å². The topological polar surface area (TPSA) is 38.8 Å². The van der Waals surface area contributed by atoms with Crippen molar-refractivity contribution in [3.63, 3.8) is 0 Å². The van der Waals surface area contributed by atoms with Gasteiger partial charge in [0.25, 0.3) is 0 Å². The molecule has 1 rings (SSSR count). The van der Waals surface area contributed by atoms with E-state index in [0.29, 0.717) is 18.6 Å². The summed E-state index contributed by atoms with van der Waals surface area (Å²) >= 11 is 0. The van der Waals surface area contributed by atoms with Crippen molar-refractivity contribution in [2.24, 2.45) is 0 Å². The van der Waals surface area contributed by atoms with E-state index >= 15 is 0 Å². The summed E-state index contributed by atoms with van der Waals surface area (Å²) < 4.78 is 47.8. The van der Waals surface area contributed by atoms with Crippen LogP contribution >= 0.6 is 0 Å². The van der Waals surface area contributed by atoms with E-state index in [-0.39, 0.29) is 6.54 Å². The van der Waals surface area contributed by atoms with Gasteiger partial charge in [-0.2, -0.15) is 13.2 Å². The van der Waals surface area contributed by atoms with E-state index < -0.39 is 18.9 Å². The maximum absolute atomic E-state index is 12.8. The highest BCUT2D eigenvalue weighted by molar-refractivity contribution is 5.50. The molecule has 118 valence electrons. The molecule has 0 saturated heterocycles. The summed E-state index contributed by atoms with van der Waals surface area (Å²) in [6.07, 6.45) is -6.18. The Morgan fingerprint density at radius 1 is 1.29 bits per heavy atom. The lowest BCUT2D eigenvalue weighted by molar-refractivity contribution is -0.222. The van der Waals surface area contributed by atoms with Gasteiger partial charge in [0.15, 0.2) is 6.10 Å². The van der Waals surface area contributed by atoms with Gasteiger partial charge in [0.05, 0.1) is 7.11 Å². The molecule has 4 nitrogen and oxygen atoms in total. The molecule has 0 aliphatic heterocycles. The molecule has 0 aliphatic carbocycles. The highest BCUT2D eigenvalue weighted by Gasteiger charge is 2.41. The van der Waals surface area contributed by atoms with Gasteiger partial charge in [-0.05, 0) is 24.7 Å². The maximum Gasteiger partial charge on any atom is 0.415 e. The number of carbonyl (C=O) groups excluding carboxylic acids is 1. The number of hydrogen-bond acceptors (Lipinski definition) is 4. The summed E-state index contributed by atoms with van der Waals surface area (Å²) in [5, 5.41) is 0. The fourth-order valence-corrected chi connectivity index (χ4v) is 1.80. The minimum atomic E-state index is -4.50. The number of carbonyl (C=O) groups is 1. The third-order valence-corrected chi connectivity index (χ3v) is 2.82. The van der Waals surface area contributed by atoms with Gasteiger partial charge in [0, 0.05) is 13.1 Å². The number of alkyl halides is 3. The molecule has 0 fully saturated rings. The molecular formula is C14H18F3NO3. The van der Waals surface area contributed by atoms with E-state index in [4.69, 9.17) is 4.74 Å². The number of halogens is 3. The summed E-state index contributed by atoms with van der Waals surface area (Å²) in [5.74, 6) is 0.684. The molecule has 1 aromatic rings. The van der Waals surface area contributed by atoms with E-state index in [0.717, 1.165) is 5.56 Å². The minimum absolute atomic E-state index is 0.308. The summed E-state index contributed by atoms with van der Waals surface area (Å²) in [4.78, 5) is 11.6. The zero-order valence-electron chi connectivity index (χ0n) is 11.9. The van der Waals surface area contributed by atoms with Gasteiger partial charge in [-0.15, -0.1) is 0 Å². The SMILES string of the molecule is COc1ccc(CN(C)CC(OCC=O)C(F)(F)F)cc1. The average molecular weight is 305 g/mol. The molecule has 0 saturated carbocycles. The standard InChI is InChI=1S/C14H18F3NO3/c1-18(9-11-3-5-12(20-2)6-4-11)10-13(14(15,16)17)21-8-7-19/h3-7,13H,8-10H2,1-2H3. The van der Waals surface area contributed by atoms with Gasteiger partial charge < -0.3 is 14.3 Å². The second-order valence-electron chi connectivity index (χ2n) is 4.58. The summed E-state index contributed by atoms with van der Waals surface area (Å²) in [5.41, 5.74) is 0.856. The van der Waals surface area contributed by atoms with Crippen LogP contribution in [0.2, 0.25) is 0 Å². The predicted octanol–water partition coefficient (Wildman–Crippen LogP) is 2.27. The maximum atomic E-state index is 12.8. The van der Waals surface area contributed by atoms with Crippen molar-refractivity contribution in [3.05, 3.63) is 29.8 Å². The number of aldehydes is 1. The van der Waals surface area contributed by atoms with Crippen LogP contribution in [0.3, 0.4) is 0 Å². The predicted molar refractivity (Wildman–Crippen MR) is 71.2 cm³/mol. The number of likely N-dealkylation sites (N-methyl/N-ethyl adjacent to an activating group) is 1. The molecule has 1 atom stereocenters. The van der Waals surface area contributed by atoms with E-state index in [9.17, 15) is 18.0 Å². The first-order chi connectivity index (χ1) is 9.86. The molecule has 0 aliphatic rings. The van der Waals surface area contributed by atoms with Crippen molar-refractivity contribution in [1.82, 2.24) is 4.90 Å². The highest BCUT2D eigenvalue weighted by Crippen LogP contribution is 2.24. The molecule has 0 radical (unpaired) electrons. The lowest BCUT2D eigenvalue weighted by atomic mass is 10.2. The smallest absolute Gasteiger partial charge is 0.415 e. The van der Waals surface area contributed by atoms with Gasteiger partial charge in [-0.1, -0.05) is 12.1 Å². The first kappa shape index (κ1) is 17.5. The first-order valence-electron chi connectivity index (χ1n) is 6.30. The molecule has 0 aromatic heterocycles. The summed E-state index contributed by atoms with van der Waals surface area (Å²) in [6, 6.07) is 7.05. The van der Waals surface area contributed by atoms with Crippen molar-refractivity contribution < 1.29 is 27.4 Å². The Bertz CT molecular complexity index is 434. The Hall–Kier alpha value is -1.60. The van der Waals surface area contributed by atoms with Gasteiger partial charge in [0.2, 0.25) is 0 Å². The number of rotatable bonds is 8. The Morgan fingerprint density at radius 2 is 1.90 bits per heavy atom. The van der Waals surface area contributed by atoms with Gasteiger partial charge >= 0.3 is 6.18 Å². The van der Waals surface area contributed by atoms with Crippen LogP contribution in [0.4, 0.5) is 13.2 Å². The molecule has 21 heavy (non-hydrogen) atoms. The zero-order valence-corrected chi connectivity index (χ0v) is 11.9. The molecule has 7 heteroatoms. The number of benzene rings is 1. The fourth-order valence-electron chi connectivity index (χ4n) is 1.80. The van der Waals surface area contributed by atoms with Crippen molar-refractivity contribution >= 4 is 6.29 Å². The Morgan fingerprint density at radius 3 is 2.38 bits per heavy atom. The zero-order chi connectivity index (χ0) is 15.9. The monoisotopic (exact) mass is 305 g/mol. The quantitative estimate of drug-likeness (QED) is 0.691. The van der Waals surface area contributed by atoms with Crippen LogP contribution < -0.4 is 4.74 Å². The third-order valence-electron chi connectivity index (χ3n) is 2.82. The molecule has 1 unspecified atom stereocenters. The van der Waals surface area contributed by atoms with Crippen molar-refractivity contribution in [3.8, 4) is 5.75 Å². The molecule has 0 spiro atoms. The van der Waals surface area contributed by atoms with Crippen LogP contribution in [0.15, 0.2) is 24.3 Å². The second-order valence-corrected chi connectivity index (χ2v) is 4.58. The minimum Gasteiger partial charge on any atom is -0.497 e. The average Bonchev–Trinajstić information content (AvgIpc) is 2.43. The van der Waals surface area contributed by atoms with Crippen LogP contribution in [0.25, 0.3) is 0 Å². The largest absolute Gasteiger partial charge is 0.497 e. The highest BCUT2D eigenvalue weighted by atomic mass is 19.4. The van der Waals surface area contributed by atoms with Gasteiger partial charge in [-0.3, -0.25) is 4.90 Å².